The zero-order chi connectivity index (χ0) is 16.7. The van der Waals surface area contributed by atoms with Crippen LogP contribution in [0.1, 0.15) is 37.0 Å². The van der Waals surface area contributed by atoms with Crippen LogP contribution in [-0.4, -0.2) is 33.7 Å². The molecule has 1 aromatic heterocycles. The molecule has 3 amide bonds. The molecule has 2 rings (SSSR count). The second kappa shape index (κ2) is 8.85. The first kappa shape index (κ1) is 17.7. The van der Waals surface area contributed by atoms with Crippen LogP contribution >= 0.6 is 23.1 Å². The van der Waals surface area contributed by atoms with Gasteiger partial charge in [0.2, 0.25) is 5.91 Å². The number of unbranched alkanes of at least 4 members (excludes halogenated alkanes) is 3. The molecule has 2 heterocycles. The monoisotopic (exact) mass is 354 g/mol. The van der Waals surface area contributed by atoms with E-state index in [4.69, 9.17) is 5.21 Å². The maximum atomic E-state index is 12.2. The molecule has 0 radical (unpaired) electrons. The van der Waals surface area contributed by atoms with Gasteiger partial charge in [-0.2, -0.15) is 0 Å². The van der Waals surface area contributed by atoms with Gasteiger partial charge in [0.1, 0.15) is 0 Å². The molecule has 23 heavy (non-hydrogen) atoms. The largest absolute Gasteiger partial charge is 0.293 e. The molecule has 0 bridgehead atoms. The first-order valence-corrected chi connectivity index (χ1v) is 9.03. The minimum Gasteiger partial charge on any atom is -0.289 e. The molecule has 1 saturated heterocycles. The predicted octanol–water partition coefficient (Wildman–Crippen LogP) is 3.24. The summed E-state index contributed by atoms with van der Waals surface area (Å²) in [5, 5.41) is 10.1. The number of nitrogens with zero attached hydrogens (tertiary/aromatic N) is 1. The van der Waals surface area contributed by atoms with Crippen molar-refractivity contribution in [2.75, 3.05) is 6.54 Å². The fourth-order valence-corrected chi connectivity index (χ4v) is 3.75. The molecule has 1 aliphatic heterocycles. The van der Waals surface area contributed by atoms with Crippen molar-refractivity contribution in [1.29, 1.82) is 0 Å². The van der Waals surface area contributed by atoms with Gasteiger partial charge in [-0.25, -0.2) is 5.48 Å². The smallest absolute Gasteiger partial charge is 0.289 e. The molecule has 0 atom stereocenters. The van der Waals surface area contributed by atoms with Crippen molar-refractivity contribution in [3.63, 3.8) is 0 Å². The predicted molar refractivity (Wildman–Crippen MR) is 90.0 cm³/mol. The lowest BCUT2D eigenvalue weighted by atomic mass is 10.1. The highest BCUT2D eigenvalue weighted by Crippen LogP contribution is 2.33. The van der Waals surface area contributed by atoms with E-state index in [9.17, 15) is 14.4 Å². The van der Waals surface area contributed by atoms with Crippen LogP contribution in [0.25, 0.3) is 6.08 Å². The summed E-state index contributed by atoms with van der Waals surface area (Å²) in [4.78, 5) is 37.7. The molecule has 0 saturated carbocycles. The third-order valence-electron chi connectivity index (χ3n) is 3.35. The fourth-order valence-electron chi connectivity index (χ4n) is 2.16. The Labute approximate surface area is 142 Å². The molecular formula is C15H18N2O4S2. The number of amides is 3. The maximum absolute atomic E-state index is 12.2. The molecule has 1 aliphatic rings. The molecule has 124 valence electrons. The van der Waals surface area contributed by atoms with Crippen LogP contribution < -0.4 is 5.48 Å². The summed E-state index contributed by atoms with van der Waals surface area (Å²) in [5.41, 5.74) is 1.59. The molecule has 0 unspecified atom stereocenters. The van der Waals surface area contributed by atoms with Gasteiger partial charge in [-0.3, -0.25) is 24.5 Å². The first-order valence-electron chi connectivity index (χ1n) is 7.33. The van der Waals surface area contributed by atoms with E-state index in [0.29, 0.717) is 24.3 Å². The van der Waals surface area contributed by atoms with Gasteiger partial charge in [-0.15, -0.1) is 11.3 Å². The van der Waals surface area contributed by atoms with Crippen molar-refractivity contribution in [1.82, 2.24) is 10.4 Å². The molecule has 1 fully saturated rings. The molecule has 0 aromatic carbocycles. The van der Waals surface area contributed by atoms with E-state index in [-0.39, 0.29) is 17.6 Å². The number of imide groups is 1. The molecule has 0 spiro atoms. The highest BCUT2D eigenvalue weighted by atomic mass is 32.2. The number of thiophene rings is 1. The number of hydroxylamine groups is 1. The zero-order valence-corrected chi connectivity index (χ0v) is 14.1. The summed E-state index contributed by atoms with van der Waals surface area (Å²) in [6.07, 6.45) is 5.06. The van der Waals surface area contributed by atoms with Crippen LogP contribution in [-0.2, 0) is 9.59 Å². The average molecular weight is 354 g/mol. The Hall–Kier alpha value is -1.64. The van der Waals surface area contributed by atoms with Crippen molar-refractivity contribution >= 4 is 46.2 Å². The van der Waals surface area contributed by atoms with E-state index in [1.54, 1.807) is 11.6 Å². The second-order valence-electron chi connectivity index (χ2n) is 5.05. The molecule has 2 N–H and O–H groups in total. The first-order chi connectivity index (χ1) is 11.1. The number of hydrogen-bond donors (Lipinski definition) is 2. The van der Waals surface area contributed by atoms with Crippen molar-refractivity contribution < 1.29 is 19.6 Å². The van der Waals surface area contributed by atoms with E-state index in [2.05, 4.69) is 0 Å². The third-order valence-corrected chi connectivity index (χ3v) is 5.08. The van der Waals surface area contributed by atoms with Crippen LogP contribution in [0.2, 0.25) is 0 Å². The minimum absolute atomic E-state index is 0.225. The van der Waals surface area contributed by atoms with E-state index in [1.165, 1.54) is 16.2 Å². The van der Waals surface area contributed by atoms with Gasteiger partial charge in [0.25, 0.3) is 11.1 Å². The topological polar surface area (TPSA) is 86.7 Å². The lowest BCUT2D eigenvalue weighted by Gasteiger charge is -2.11. The molecule has 6 nitrogen and oxygen atoms in total. The summed E-state index contributed by atoms with van der Waals surface area (Å²) in [7, 11) is 0. The van der Waals surface area contributed by atoms with Crippen molar-refractivity contribution in [3.8, 4) is 0 Å². The van der Waals surface area contributed by atoms with Crippen LogP contribution in [0.15, 0.2) is 22.4 Å². The van der Waals surface area contributed by atoms with Gasteiger partial charge in [0.05, 0.1) is 4.91 Å². The molecule has 1 aromatic rings. The Morgan fingerprint density at radius 1 is 1.26 bits per heavy atom. The minimum atomic E-state index is -0.394. The summed E-state index contributed by atoms with van der Waals surface area (Å²) >= 11 is 2.50. The van der Waals surface area contributed by atoms with Gasteiger partial charge < -0.3 is 0 Å². The van der Waals surface area contributed by atoms with Crippen molar-refractivity contribution in [2.45, 2.75) is 32.1 Å². The Morgan fingerprint density at radius 2 is 2.04 bits per heavy atom. The van der Waals surface area contributed by atoms with E-state index in [0.717, 1.165) is 29.5 Å². The maximum Gasteiger partial charge on any atom is 0.293 e. The van der Waals surface area contributed by atoms with Crippen LogP contribution in [0.3, 0.4) is 0 Å². The zero-order valence-electron chi connectivity index (χ0n) is 12.5. The van der Waals surface area contributed by atoms with Gasteiger partial charge in [-0.05, 0) is 42.1 Å². The quantitative estimate of drug-likeness (QED) is 0.324. The van der Waals surface area contributed by atoms with Crippen LogP contribution in [0.4, 0.5) is 4.79 Å². The Balaban J connectivity index is 1.74. The number of thioether (sulfide) groups is 1. The van der Waals surface area contributed by atoms with E-state index in [1.807, 2.05) is 17.5 Å². The normalized spacial score (nSPS) is 16.4. The number of hydrogen-bond acceptors (Lipinski definition) is 6. The Bertz CT molecular complexity index is 599. The lowest BCUT2D eigenvalue weighted by molar-refractivity contribution is -0.129. The number of carbonyl (C=O) groups is 3. The summed E-state index contributed by atoms with van der Waals surface area (Å²) in [6, 6.07) is 3.80. The van der Waals surface area contributed by atoms with Gasteiger partial charge in [0, 0.05) is 17.8 Å². The van der Waals surface area contributed by atoms with Crippen LogP contribution in [0.5, 0.6) is 0 Å². The van der Waals surface area contributed by atoms with Crippen LogP contribution in [0, 0.1) is 0 Å². The number of carbonyl (C=O) groups excluding carboxylic acids is 3. The van der Waals surface area contributed by atoms with Crippen molar-refractivity contribution in [2.24, 2.45) is 0 Å². The highest BCUT2D eigenvalue weighted by Gasteiger charge is 2.34. The number of nitrogens with one attached hydrogen (secondary N) is 1. The van der Waals surface area contributed by atoms with E-state index >= 15 is 0 Å². The second-order valence-corrected chi connectivity index (χ2v) is 7.02. The SMILES string of the molecule is O=C(CCCCCCN1C(=O)SC(=Cc2cccs2)C1=O)NO. The van der Waals surface area contributed by atoms with Gasteiger partial charge in [-0.1, -0.05) is 18.9 Å². The summed E-state index contributed by atoms with van der Waals surface area (Å²) in [5.74, 6) is -0.622. The Morgan fingerprint density at radius 3 is 2.74 bits per heavy atom. The Kier molecular flexibility index (Phi) is 6.82. The molecule has 8 heteroatoms. The van der Waals surface area contributed by atoms with Gasteiger partial charge >= 0.3 is 0 Å². The summed E-state index contributed by atoms with van der Waals surface area (Å²) < 4.78 is 0. The molecule has 0 aliphatic carbocycles. The van der Waals surface area contributed by atoms with Crippen molar-refractivity contribution in [3.05, 3.63) is 27.3 Å². The average Bonchev–Trinajstić information content (AvgIpc) is 3.13. The standard InChI is InChI=1S/C15H18N2O4S2/c18-13(16-21)7-3-1-2-4-8-17-14(19)12(23-15(17)20)10-11-6-5-9-22-11/h5-6,9-10,21H,1-4,7-8H2,(H,16,18). The lowest BCUT2D eigenvalue weighted by Crippen LogP contribution is -2.29. The molecular weight excluding hydrogens is 336 g/mol. The fraction of sp³-hybridized carbons (Fsp3) is 0.400. The number of rotatable bonds is 8. The summed E-state index contributed by atoms with van der Waals surface area (Å²) in [6.45, 7) is 0.401. The van der Waals surface area contributed by atoms with E-state index < -0.39 is 5.91 Å². The third kappa shape index (κ3) is 5.19. The highest BCUT2D eigenvalue weighted by molar-refractivity contribution is 8.18. The van der Waals surface area contributed by atoms with Gasteiger partial charge in [0.15, 0.2) is 0 Å².